The number of anilines is 1. The van der Waals surface area contributed by atoms with Crippen molar-refractivity contribution >= 4 is 15.7 Å². The first-order valence-corrected chi connectivity index (χ1v) is 7.79. The summed E-state index contributed by atoms with van der Waals surface area (Å²) < 4.78 is 28.9. The molecule has 0 saturated carbocycles. The third-order valence-corrected chi connectivity index (χ3v) is 5.53. The van der Waals surface area contributed by atoms with Crippen molar-refractivity contribution in [3.63, 3.8) is 0 Å². The lowest BCUT2D eigenvalue weighted by Gasteiger charge is -2.27. The second kappa shape index (κ2) is 4.60. The van der Waals surface area contributed by atoms with Crippen LogP contribution in [0.5, 0.6) is 0 Å². The van der Waals surface area contributed by atoms with Gasteiger partial charge in [0.05, 0.1) is 11.4 Å². The van der Waals surface area contributed by atoms with Crippen molar-refractivity contribution in [2.45, 2.75) is 24.9 Å². The number of benzene rings is 1. The summed E-state index contributed by atoms with van der Waals surface area (Å²) in [7, 11) is -3.54. The molecule has 0 fully saturated rings. The molecule has 106 valence electrons. The molecule has 0 amide bonds. The molecule has 1 aliphatic rings. The van der Waals surface area contributed by atoms with Crippen molar-refractivity contribution in [1.29, 1.82) is 0 Å². The van der Waals surface area contributed by atoms with Gasteiger partial charge in [-0.05, 0) is 24.6 Å². The van der Waals surface area contributed by atoms with Crippen LogP contribution in [-0.2, 0) is 23.1 Å². The number of aryl methyl sites for hydroxylation is 1. The van der Waals surface area contributed by atoms with Crippen LogP contribution >= 0.6 is 0 Å². The molecule has 0 aliphatic carbocycles. The minimum absolute atomic E-state index is 0.275. The van der Waals surface area contributed by atoms with Crippen LogP contribution in [0, 0.1) is 6.92 Å². The highest BCUT2D eigenvalue weighted by molar-refractivity contribution is 7.89. The highest BCUT2D eigenvalue weighted by Gasteiger charge is 2.30. The fourth-order valence-corrected chi connectivity index (χ4v) is 4.04. The Hall–Kier alpha value is -1.86. The fraction of sp³-hybridized carbons (Fsp3) is 0.308. The van der Waals surface area contributed by atoms with Crippen molar-refractivity contribution in [3.05, 3.63) is 42.0 Å². The quantitative estimate of drug-likeness (QED) is 0.837. The molecule has 0 bridgehead atoms. The number of nitrogens with zero attached hydrogens (tertiary/aromatic N) is 3. The molecule has 1 aromatic heterocycles. The van der Waals surface area contributed by atoms with Gasteiger partial charge in [-0.15, -0.1) is 0 Å². The van der Waals surface area contributed by atoms with Crippen molar-refractivity contribution in [3.8, 4) is 0 Å². The van der Waals surface area contributed by atoms with Gasteiger partial charge < -0.3 is 10.3 Å². The number of imidazole rings is 1. The Bertz CT molecular complexity index is 751. The van der Waals surface area contributed by atoms with Gasteiger partial charge in [-0.2, -0.15) is 4.31 Å². The molecular weight excluding hydrogens is 276 g/mol. The summed E-state index contributed by atoms with van der Waals surface area (Å²) in [6.07, 6.45) is 3.56. The predicted octanol–water partition coefficient (Wildman–Crippen LogP) is 0.978. The van der Waals surface area contributed by atoms with Crippen LogP contribution in [0.2, 0.25) is 0 Å². The van der Waals surface area contributed by atoms with E-state index >= 15 is 0 Å². The van der Waals surface area contributed by atoms with Gasteiger partial charge in [-0.3, -0.25) is 0 Å². The van der Waals surface area contributed by atoms with E-state index in [1.165, 1.54) is 10.4 Å². The third-order valence-electron chi connectivity index (χ3n) is 3.54. The average Bonchev–Trinajstić information content (AvgIpc) is 2.88. The first kappa shape index (κ1) is 13.1. The van der Waals surface area contributed by atoms with Gasteiger partial charge in [0.1, 0.15) is 5.82 Å². The number of aromatic nitrogens is 2. The van der Waals surface area contributed by atoms with E-state index in [1.807, 2.05) is 10.8 Å². The molecule has 7 heteroatoms. The maximum Gasteiger partial charge on any atom is 0.243 e. The Morgan fingerprint density at radius 2 is 2.10 bits per heavy atom. The van der Waals surface area contributed by atoms with Gasteiger partial charge in [-0.1, -0.05) is 6.07 Å². The summed E-state index contributed by atoms with van der Waals surface area (Å²) in [5.74, 6) is 0.765. The van der Waals surface area contributed by atoms with E-state index in [1.54, 1.807) is 25.3 Å². The van der Waals surface area contributed by atoms with E-state index in [9.17, 15) is 8.42 Å². The molecule has 2 N–H and O–H groups in total. The lowest BCUT2D eigenvalue weighted by Crippen LogP contribution is -2.38. The van der Waals surface area contributed by atoms with Crippen LogP contribution in [0.4, 0.5) is 5.69 Å². The van der Waals surface area contributed by atoms with Crippen molar-refractivity contribution in [2.24, 2.45) is 0 Å². The Morgan fingerprint density at radius 3 is 2.90 bits per heavy atom. The number of nitrogen functional groups attached to an aromatic ring is 1. The molecule has 0 radical (unpaired) electrons. The maximum atomic E-state index is 12.7. The smallest absolute Gasteiger partial charge is 0.243 e. The SMILES string of the molecule is Cc1ccc(N)cc1S(=O)(=O)N1CCn2ccnc2C1. The maximum absolute atomic E-state index is 12.7. The Balaban J connectivity index is 1.99. The van der Waals surface area contributed by atoms with Crippen LogP contribution in [0.1, 0.15) is 11.4 Å². The Labute approximate surface area is 117 Å². The second-order valence-electron chi connectivity index (χ2n) is 4.90. The first-order valence-electron chi connectivity index (χ1n) is 6.35. The zero-order valence-corrected chi connectivity index (χ0v) is 12.0. The molecule has 2 aromatic rings. The fourth-order valence-electron chi connectivity index (χ4n) is 2.39. The van der Waals surface area contributed by atoms with E-state index in [-0.39, 0.29) is 4.90 Å². The van der Waals surface area contributed by atoms with E-state index in [2.05, 4.69) is 4.98 Å². The largest absolute Gasteiger partial charge is 0.399 e. The molecule has 0 spiro atoms. The van der Waals surface area contributed by atoms with Crippen LogP contribution in [0.15, 0.2) is 35.5 Å². The van der Waals surface area contributed by atoms with Crippen LogP contribution in [-0.4, -0.2) is 28.8 Å². The van der Waals surface area contributed by atoms with Gasteiger partial charge in [0, 0.05) is 31.2 Å². The Kier molecular flexibility index (Phi) is 3.02. The van der Waals surface area contributed by atoms with E-state index in [0.717, 1.165) is 5.82 Å². The molecule has 3 rings (SSSR count). The van der Waals surface area contributed by atoms with E-state index in [4.69, 9.17) is 5.73 Å². The third kappa shape index (κ3) is 2.08. The highest BCUT2D eigenvalue weighted by atomic mass is 32.2. The molecule has 0 unspecified atom stereocenters. The van der Waals surface area contributed by atoms with Crippen molar-refractivity contribution in [2.75, 3.05) is 12.3 Å². The van der Waals surface area contributed by atoms with Gasteiger partial charge in [-0.25, -0.2) is 13.4 Å². The summed E-state index contributed by atoms with van der Waals surface area (Å²) in [6.45, 7) is 3.14. The summed E-state index contributed by atoms with van der Waals surface area (Å²) >= 11 is 0. The van der Waals surface area contributed by atoms with Gasteiger partial charge in [0.2, 0.25) is 10.0 Å². The molecule has 0 atom stereocenters. The van der Waals surface area contributed by atoms with Gasteiger partial charge in [0.25, 0.3) is 0 Å². The topological polar surface area (TPSA) is 81.2 Å². The molecule has 0 saturated heterocycles. The second-order valence-corrected chi connectivity index (χ2v) is 6.81. The zero-order chi connectivity index (χ0) is 14.3. The number of hydrogen-bond donors (Lipinski definition) is 1. The van der Waals surface area contributed by atoms with Crippen molar-refractivity contribution in [1.82, 2.24) is 13.9 Å². The molecular formula is C13H16N4O2S. The number of rotatable bonds is 2. The van der Waals surface area contributed by atoms with Gasteiger partial charge in [0.15, 0.2) is 0 Å². The summed E-state index contributed by atoms with van der Waals surface area (Å²) in [5.41, 5.74) is 6.87. The highest BCUT2D eigenvalue weighted by Crippen LogP contribution is 2.25. The molecule has 6 nitrogen and oxygen atoms in total. The Morgan fingerprint density at radius 1 is 1.30 bits per heavy atom. The predicted molar refractivity (Wildman–Crippen MR) is 75.4 cm³/mol. The number of sulfonamides is 1. The molecule has 2 heterocycles. The minimum atomic E-state index is -3.54. The summed E-state index contributed by atoms with van der Waals surface area (Å²) in [5, 5.41) is 0. The number of nitrogens with two attached hydrogens (primary N) is 1. The van der Waals surface area contributed by atoms with Crippen LogP contribution in [0.3, 0.4) is 0 Å². The van der Waals surface area contributed by atoms with Gasteiger partial charge >= 0.3 is 0 Å². The standard InChI is InChI=1S/C13H16N4O2S/c1-10-2-3-11(14)8-12(10)20(18,19)17-7-6-16-5-4-15-13(16)9-17/h2-5,8H,6-7,9,14H2,1H3. The number of hydrogen-bond acceptors (Lipinski definition) is 4. The lowest BCUT2D eigenvalue weighted by atomic mass is 10.2. The van der Waals surface area contributed by atoms with Crippen LogP contribution < -0.4 is 5.73 Å². The zero-order valence-electron chi connectivity index (χ0n) is 11.2. The first-order chi connectivity index (χ1) is 9.48. The summed E-state index contributed by atoms with van der Waals surface area (Å²) in [4.78, 5) is 4.46. The number of fused-ring (bicyclic) bond motifs is 1. The molecule has 1 aliphatic heterocycles. The van der Waals surface area contributed by atoms with E-state index < -0.39 is 10.0 Å². The minimum Gasteiger partial charge on any atom is -0.399 e. The van der Waals surface area contributed by atoms with Crippen LogP contribution in [0.25, 0.3) is 0 Å². The van der Waals surface area contributed by atoms with Crippen molar-refractivity contribution < 1.29 is 8.42 Å². The lowest BCUT2D eigenvalue weighted by molar-refractivity contribution is 0.335. The normalized spacial score (nSPS) is 16.1. The van der Waals surface area contributed by atoms with E-state index in [0.29, 0.717) is 30.9 Å². The average molecular weight is 292 g/mol. The monoisotopic (exact) mass is 292 g/mol. The summed E-state index contributed by atoms with van der Waals surface area (Å²) in [6, 6.07) is 4.95. The molecule has 20 heavy (non-hydrogen) atoms. The molecule has 1 aromatic carbocycles.